The number of benzene rings is 1. The van der Waals surface area contributed by atoms with Gasteiger partial charge < -0.3 is 19.9 Å². The SMILES string of the molecule is CC(=O)c1sc(NC(=O)N[C@H]2CN(C(=O)OC(C)(C)C)CC[C@H]2CN2CCCC(Cc3ccc(F)cc3)C2)nc1C. The number of ketones is 1. The molecule has 1 aromatic carbocycles. The fourth-order valence-corrected chi connectivity index (χ4v) is 6.58. The second kappa shape index (κ2) is 13.3. The number of rotatable bonds is 7. The first-order chi connectivity index (χ1) is 19.4. The van der Waals surface area contributed by atoms with Crippen LogP contribution >= 0.6 is 11.3 Å². The number of likely N-dealkylation sites (tertiary alicyclic amines) is 2. The fourth-order valence-electron chi connectivity index (χ4n) is 5.72. The number of urea groups is 1. The number of hydrogen-bond acceptors (Lipinski definition) is 7. The smallest absolute Gasteiger partial charge is 0.410 e. The molecule has 3 atom stereocenters. The van der Waals surface area contributed by atoms with Crippen molar-refractivity contribution in [1.29, 1.82) is 0 Å². The molecule has 3 heterocycles. The lowest BCUT2D eigenvalue weighted by Crippen LogP contribution is -2.58. The number of Topliss-reactive ketones (excluding diaryl/α,β-unsaturated/α-hetero) is 1. The number of nitrogens with zero attached hydrogens (tertiary/aromatic N) is 3. The van der Waals surface area contributed by atoms with Crippen molar-refractivity contribution in [3.05, 3.63) is 46.2 Å². The van der Waals surface area contributed by atoms with Gasteiger partial charge in [0.15, 0.2) is 10.9 Å². The summed E-state index contributed by atoms with van der Waals surface area (Å²) in [5, 5.41) is 6.23. The Morgan fingerprint density at radius 2 is 1.85 bits per heavy atom. The van der Waals surface area contributed by atoms with Crippen LogP contribution in [-0.4, -0.2) is 77.1 Å². The normalized spacial score (nSPS) is 21.8. The van der Waals surface area contributed by atoms with Crippen LogP contribution in [0.5, 0.6) is 0 Å². The maximum Gasteiger partial charge on any atom is 0.410 e. The van der Waals surface area contributed by atoms with E-state index in [1.807, 2.05) is 32.9 Å². The molecule has 2 saturated heterocycles. The van der Waals surface area contributed by atoms with Gasteiger partial charge in [-0.25, -0.2) is 19.0 Å². The number of aryl methyl sites for hydroxylation is 1. The number of hydrogen-bond donors (Lipinski definition) is 2. The molecule has 2 fully saturated rings. The predicted octanol–water partition coefficient (Wildman–Crippen LogP) is 5.50. The summed E-state index contributed by atoms with van der Waals surface area (Å²) in [6.45, 7) is 12.4. The number of thiazole rings is 1. The van der Waals surface area contributed by atoms with E-state index in [4.69, 9.17) is 4.74 Å². The molecule has 1 unspecified atom stereocenters. The van der Waals surface area contributed by atoms with Gasteiger partial charge in [-0.15, -0.1) is 0 Å². The first kappa shape index (κ1) is 30.9. The van der Waals surface area contributed by atoms with Gasteiger partial charge >= 0.3 is 12.1 Å². The zero-order valence-corrected chi connectivity index (χ0v) is 25.5. The Kier molecular flexibility index (Phi) is 10.0. The second-order valence-corrected chi connectivity index (χ2v) is 13.3. The molecular formula is C30H42FN5O4S. The topological polar surface area (TPSA) is 104 Å². The number of amides is 3. The number of nitrogens with one attached hydrogen (secondary N) is 2. The van der Waals surface area contributed by atoms with Gasteiger partial charge in [-0.2, -0.15) is 0 Å². The number of halogens is 1. The fraction of sp³-hybridized carbons (Fsp3) is 0.600. The third-order valence-corrected chi connectivity index (χ3v) is 8.77. The zero-order valence-electron chi connectivity index (χ0n) is 24.7. The number of anilines is 1. The van der Waals surface area contributed by atoms with E-state index in [9.17, 15) is 18.8 Å². The summed E-state index contributed by atoms with van der Waals surface area (Å²) in [4.78, 5) is 46.7. The van der Waals surface area contributed by atoms with E-state index in [0.717, 1.165) is 62.2 Å². The highest BCUT2D eigenvalue weighted by Gasteiger charge is 2.36. The van der Waals surface area contributed by atoms with Gasteiger partial charge in [0.2, 0.25) is 0 Å². The highest BCUT2D eigenvalue weighted by molar-refractivity contribution is 7.17. The van der Waals surface area contributed by atoms with Crippen molar-refractivity contribution >= 4 is 34.4 Å². The minimum atomic E-state index is -0.612. The molecule has 0 saturated carbocycles. The Balaban J connectivity index is 1.42. The van der Waals surface area contributed by atoms with Crippen molar-refractivity contribution < 1.29 is 23.5 Å². The van der Waals surface area contributed by atoms with Gasteiger partial charge in [0.1, 0.15) is 11.4 Å². The van der Waals surface area contributed by atoms with Crippen molar-refractivity contribution in [2.24, 2.45) is 11.8 Å². The molecule has 0 aliphatic carbocycles. The Hall–Kier alpha value is -3.05. The predicted molar refractivity (Wildman–Crippen MR) is 158 cm³/mol. The van der Waals surface area contributed by atoms with Crippen LogP contribution in [0.1, 0.15) is 67.9 Å². The molecule has 2 aromatic rings. The molecule has 0 spiro atoms. The summed E-state index contributed by atoms with van der Waals surface area (Å²) >= 11 is 1.15. The van der Waals surface area contributed by atoms with Gasteiger partial charge in [0.05, 0.1) is 16.6 Å². The van der Waals surface area contributed by atoms with Crippen LogP contribution in [0, 0.1) is 24.6 Å². The largest absolute Gasteiger partial charge is 0.444 e. The molecular weight excluding hydrogens is 545 g/mol. The van der Waals surface area contributed by atoms with E-state index >= 15 is 0 Å². The van der Waals surface area contributed by atoms with Crippen LogP contribution in [0.2, 0.25) is 0 Å². The maximum atomic E-state index is 13.4. The van der Waals surface area contributed by atoms with Gasteiger partial charge in [-0.1, -0.05) is 23.5 Å². The summed E-state index contributed by atoms with van der Waals surface area (Å²) < 4.78 is 19.0. The minimum absolute atomic E-state index is 0.0898. The molecule has 2 N–H and O–H groups in total. The quantitative estimate of drug-likeness (QED) is 0.415. The molecule has 3 amide bonds. The lowest BCUT2D eigenvalue weighted by atomic mass is 9.87. The summed E-state index contributed by atoms with van der Waals surface area (Å²) in [6, 6.07) is 6.06. The average Bonchev–Trinajstić information content (AvgIpc) is 3.25. The van der Waals surface area contributed by atoms with Crippen LogP contribution in [-0.2, 0) is 11.2 Å². The van der Waals surface area contributed by atoms with Crippen molar-refractivity contribution in [3.8, 4) is 0 Å². The number of aromatic nitrogens is 1. The Labute approximate surface area is 245 Å². The third kappa shape index (κ3) is 8.97. The van der Waals surface area contributed by atoms with Crippen LogP contribution < -0.4 is 10.6 Å². The molecule has 9 nitrogen and oxygen atoms in total. The van der Waals surface area contributed by atoms with Crippen molar-refractivity contribution in [2.75, 3.05) is 38.0 Å². The summed E-state index contributed by atoms with van der Waals surface area (Å²) in [5.41, 5.74) is 1.12. The van der Waals surface area contributed by atoms with Crippen LogP contribution in [0.4, 0.5) is 19.1 Å². The van der Waals surface area contributed by atoms with Gasteiger partial charge in [-0.3, -0.25) is 10.1 Å². The van der Waals surface area contributed by atoms with Gasteiger partial charge in [0.25, 0.3) is 0 Å². The lowest BCUT2D eigenvalue weighted by molar-refractivity contribution is 0.0114. The molecule has 0 radical (unpaired) electrons. The standard InChI is InChI=1S/C30H42FN5O4S/c1-19-26(20(2)37)41-28(32-19)34-27(38)33-25-18-36(29(39)40-30(3,4)5)14-12-23(25)17-35-13-6-7-22(16-35)15-21-8-10-24(31)11-9-21/h8-11,22-23,25H,6-7,12-18H2,1-5H3,(H2,32,33,34,38)/t22?,23-,25-/m0/s1. The number of carbonyl (C=O) groups is 3. The average molecular weight is 588 g/mol. The van der Waals surface area contributed by atoms with E-state index in [1.165, 1.54) is 19.1 Å². The molecule has 1 aromatic heterocycles. The number of ether oxygens (including phenoxy) is 1. The molecule has 41 heavy (non-hydrogen) atoms. The van der Waals surface area contributed by atoms with Crippen molar-refractivity contribution in [1.82, 2.24) is 20.1 Å². The Bertz CT molecular complexity index is 1230. The highest BCUT2D eigenvalue weighted by atomic mass is 32.1. The number of carbonyl (C=O) groups excluding carboxylic acids is 3. The van der Waals surface area contributed by atoms with Crippen molar-refractivity contribution in [3.63, 3.8) is 0 Å². The Morgan fingerprint density at radius 3 is 2.51 bits per heavy atom. The van der Waals surface area contributed by atoms with Crippen LogP contribution in [0.3, 0.4) is 0 Å². The monoisotopic (exact) mass is 587 g/mol. The molecule has 0 bridgehead atoms. The molecule has 4 rings (SSSR count). The highest BCUT2D eigenvalue weighted by Crippen LogP contribution is 2.27. The van der Waals surface area contributed by atoms with E-state index in [2.05, 4.69) is 20.5 Å². The maximum absolute atomic E-state index is 13.4. The molecule has 224 valence electrons. The lowest BCUT2D eigenvalue weighted by Gasteiger charge is -2.42. The van der Waals surface area contributed by atoms with E-state index < -0.39 is 11.6 Å². The molecule has 11 heteroatoms. The van der Waals surface area contributed by atoms with Gasteiger partial charge in [-0.05, 0) is 89.5 Å². The first-order valence-corrected chi connectivity index (χ1v) is 15.2. The molecule has 2 aliphatic heterocycles. The first-order valence-electron chi connectivity index (χ1n) is 14.4. The Morgan fingerprint density at radius 1 is 1.12 bits per heavy atom. The summed E-state index contributed by atoms with van der Waals surface area (Å²) in [5.74, 6) is 0.306. The third-order valence-electron chi connectivity index (χ3n) is 7.59. The van der Waals surface area contributed by atoms with E-state index in [-0.39, 0.29) is 29.7 Å². The number of piperidine rings is 2. The van der Waals surface area contributed by atoms with Crippen LogP contribution in [0.15, 0.2) is 24.3 Å². The van der Waals surface area contributed by atoms with Gasteiger partial charge in [0, 0.05) is 33.1 Å². The summed E-state index contributed by atoms with van der Waals surface area (Å²) in [6.07, 6.45) is 3.47. The van der Waals surface area contributed by atoms with Crippen LogP contribution in [0.25, 0.3) is 0 Å². The minimum Gasteiger partial charge on any atom is -0.444 e. The zero-order chi connectivity index (χ0) is 29.7. The summed E-state index contributed by atoms with van der Waals surface area (Å²) in [7, 11) is 0. The molecule has 2 aliphatic rings. The second-order valence-electron chi connectivity index (χ2n) is 12.3. The van der Waals surface area contributed by atoms with E-state index in [1.54, 1.807) is 11.8 Å². The van der Waals surface area contributed by atoms with E-state index in [0.29, 0.717) is 34.7 Å². The van der Waals surface area contributed by atoms with Crippen molar-refractivity contribution in [2.45, 2.75) is 71.9 Å².